The fourth-order valence-corrected chi connectivity index (χ4v) is 3.80. The molecular formula is C18H35N3O. The molecule has 1 amide bonds. The molecule has 0 N–H and O–H groups in total. The molecular weight excluding hydrogens is 274 g/mol. The van der Waals surface area contributed by atoms with Crippen molar-refractivity contribution in [2.24, 2.45) is 5.92 Å². The molecule has 22 heavy (non-hydrogen) atoms. The van der Waals surface area contributed by atoms with Gasteiger partial charge in [0.15, 0.2) is 0 Å². The van der Waals surface area contributed by atoms with Crippen molar-refractivity contribution in [3.05, 3.63) is 0 Å². The van der Waals surface area contributed by atoms with E-state index in [1.807, 2.05) is 6.92 Å². The first-order valence-corrected chi connectivity index (χ1v) is 9.34. The number of piperazine rings is 1. The standard InChI is InChI=1S/C18H35N3O/c1-4-18(22)21-10-7-17(8-11-21)6-5-9-19-12-14-20(15-13-19)16(2)3/h16-17H,4-15H2,1-3H3. The van der Waals surface area contributed by atoms with Gasteiger partial charge >= 0.3 is 0 Å². The number of nitrogens with zero attached hydrogens (tertiary/aromatic N) is 3. The van der Waals surface area contributed by atoms with Gasteiger partial charge in [0, 0.05) is 51.7 Å². The minimum atomic E-state index is 0.335. The molecule has 2 aliphatic rings. The normalized spacial score (nSPS) is 22.5. The fourth-order valence-electron chi connectivity index (χ4n) is 3.80. The van der Waals surface area contributed by atoms with Gasteiger partial charge in [-0.15, -0.1) is 0 Å². The Morgan fingerprint density at radius 2 is 1.68 bits per heavy atom. The molecule has 2 heterocycles. The van der Waals surface area contributed by atoms with Gasteiger partial charge in [-0.25, -0.2) is 0 Å². The summed E-state index contributed by atoms with van der Waals surface area (Å²) in [5.41, 5.74) is 0. The van der Waals surface area contributed by atoms with E-state index in [9.17, 15) is 4.79 Å². The summed E-state index contributed by atoms with van der Waals surface area (Å²) in [5.74, 6) is 1.18. The van der Waals surface area contributed by atoms with Gasteiger partial charge in [-0.05, 0) is 52.0 Å². The molecule has 4 heteroatoms. The molecule has 4 nitrogen and oxygen atoms in total. The second-order valence-electron chi connectivity index (χ2n) is 7.29. The van der Waals surface area contributed by atoms with Crippen LogP contribution in [0.4, 0.5) is 0 Å². The second kappa shape index (κ2) is 8.88. The van der Waals surface area contributed by atoms with Crippen LogP contribution in [0.3, 0.4) is 0 Å². The second-order valence-corrected chi connectivity index (χ2v) is 7.29. The van der Waals surface area contributed by atoms with E-state index in [0.717, 1.165) is 19.0 Å². The first kappa shape index (κ1) is 17.7. The molecule has 0 atom stereocenters. The Kier molecular flexibility index (Phi) is 7.16. The van der Waals surface area contributed by atoms with Gasteiger partial charge in [0.05, 0.1) is 0 Å². The lowest BCUT2D eigenvalue weighted by Crippen LogP contribution is -2.49. The van der Waals surface area contributed by atoms with Crippen LogP contribution in [0.1, 0.15) is 52.9 Å². The molecule has 128 valence electrons. The summed E-state index contributed by atoms with van der Waals surface area (Å²) < 4.78 is 0. The number of piperidine rings is 1. The van der Waals surface area contributed by atoms with Crippen LogP contribution in [0.25, 0.3) is 0 Å². The fraction of sp³-hybridized carbons (Fsp3) is 0.944. The van der Waals surface area contributed by atoms with Crippen LogP contribution >= 0.6 is 0 Å². The lowest BCUT2D eigenvalue weighted by atomic mass is 9.92. The highest BCUT2D eigenvalue weighted by Gasteiger charge is 2.22. The highest BCUT2D eigenvalue weighted by Crippen LogP contribution is 2.22. The van der Waals surface area contributed by atoms with Crippen molar-refractivity contribution in [2.75, 3.05) is 45.8 Å². The van der Waals surface area contributed by atoms with Gasteiger partial charge in [0.1, 0.15) is 0 Å². The lowest BCUT2D eigenvalue weighted by Gasteiger charge is -2.37. The summed E-state index contributed by atoms with van der Waals surface area (Å²) in [6, 6.07) is 0.693. The van der Waals surface area contributed by atoms with E-state index in [4.69, 9.17) is 0 Å². The zero-order chi connectivity index (χ0) is 15.9. The van der Waals surface area contributed by atoms with Crippen LogP contribution in [0.5, 0.6) is 0 Å². The predicted molar refractivity (Wildman–Crippen MR) is 92.0 cm³/mol. The van der Waals surface area contributed by atoms with E-state index in [1.54, 1.807) is 0 Å². The van der Waals surface area contributed by atoms with Crippen molar-refractivity contribution in [3.63, 3.8) is 0 Å². The lowest BCUT2D eigenvalue weighted by molar-refractivity contribution is -0.132. The Morgan fingerprint density at radius 1 is 1.05 bits per heavy atom. The molecule has 2 rings (SSSR count). The molecule has 0 saturated carbocycles. The number of carbonyl (C=O) groups excluding carboxylic acids is 1. The zero-order valence-electron chi connectivity index (χ0n) is 14.9. The maximum Gasteiger partial charge on any atom is 0.222 e. The molecule has 0 aromatic rings. The third-order valence-electron chi connectivity index (χ3n) is 5.49. The number of hydrogen-bond acceptors (Lipinski definition) is 3. The van der Waals surface area contributed by atoms with Gasteiger partial charge in [-0.2, -0.15) is 0 Å². The highest BCUT2D eigenvalue weighted by atomic mass is 16.2. The molecule has 0 unspecified atom stereocenters. The van der Waals surface area contributed by atoms with Crippen LogP contribution in [0.15, 0.2) is 0 Å². The van der Waals surface area contributed by atoms with Crippen LogP contribution in [-0.2, 0) is 4.79 Å². The minimum Gasteiger partial charge on any atom is -0.343 e. The summed E-state index contributed by atoms with van der Waals surface area (Å²) in [5, 5.41) is 0. The number of rotatable bonds is 6. The van der Waals surface area contributed by atoms with E-state index in [0.29, 0.717) is 18.4 Å². The average molecular weight is 309 g/mol. The quantitative estimate of drug-likeness (QED) is 0.754. The molecule has 2 aliphatic heterocycles. The van der Waals surface area contributed by atoms with Gasteiger partial charge < -0.3 is 9.80 Å². The number of likely N-dealkylation sites (tertiary alicyclic amines) is 1. The summed E-state index contributed by atoms with van der Waals surface area (Å²) >= 11 is 0. The molecule has 0 spiro atoms. The summed E-state index contributed by atoms with van der Waals surface area (Å²) in [7, 11) is 0. The maximum atomic E-state index is 11.7. The van der Waals surface area contributed by atoms with E-state index in [1.165, 1.54) is 58.4 Å². The zero-order valence-corrected chi connectivity index (χ0v) is 14.9. The van der Waals surface area contributed by atoms with Gasteiger partial charge in [0.2, 0.25) is 5.91 Å². The molecule has 0 aromatic carbocycles. The Bertz CT molecular complexity index is 329. The summed E-state index contributed by atoms with van der Waals surface area (Å²) in [6.45, 7) is 14.7. The van der Waals surface area contributed by atoms with Crippen molar-refractivity contribution in [2.45, 2.75) is 58.9 Å². The van der Waals surface area contributed by atoms with E-state index < -0.39 is 0 Å². The van der Waals surface area contributed by atoms with Crippen LogP contribution < -0.4 is 0 Å². The molecule has 2 fully saturated rings. The van der Waals surface area contributed by atoms with E-state index in [-0.39, 0.29) is 0 Å². The molecule has 0 bridgehead atoms. The van der Waals surface area contributed by atoms with Crippen molar-refractivity contribution in [1.82, 2.24) is 14.7 Å². The van der Waals surface area contributed by atoms with Gasteiger partial charge in [-0.1, -0.05) is 6.92 Å². The molecule has 0 radical (unpaired) electrons. The van der Waals surface area contributed by atoms with Crippen LogP contribution in [-0.4, -0.2) is 72.5 Å². The van der Waals surface area contributed by atoms with Crippen LogP contribution in [0, 0.1) is 5.92 Å². The van der Waals surface area contributed by atoms with Crippen LogP contribution in [0.2, 0.25) is 0 Å². The molecule has 2 saturated heterocycles. The predicted octanol–water partition coefficient (Wildman–Crippen LogP) is 2.44. The van der Waals surface area contributed by atoms with E-state index >= 15 is 0 Å². The average Bonchev–Trinajstić information content (AvgIpc) is 2.55. The minimum absolute atomic E-state index is 0.335. The van der Waals surface area contributed by atoms with E-state index in [2.05, 4.69) is 28.5 Å². The Morgan fingerprint density at radius 3 is 2.23 bits per heavy atom. The number of carbonyl (C=O) groups is 1. The maximum absolute atomic E-state index is 11.7. The van der Waals surface area contributed by atoms with Gasteiger partial charge in [0.25, 0.3) is 0 Å². The van der Waals surface area contributed by atoms with Crippen molar-refractivity contribution in [1.29, 1.82) is 0 Å². The monoisotopic (exact) mass is 309 g/mol. The molecule has 0 aromatic heterocycles. The Balaban J connectivity index is 1.56. The van der Waals surface area contributed by atoms with Crippen molar-refractivity contribution >= 4 is 5.91 Å². The first-order chi connectivity index (χ1) is 10.6. The SMILES string of the molecule is CCC(=O)N1CCC(CCCN2CCN(C(C)C)CC2)CC1. The third-order valence-corrected chi connectivity index (χ3v) is 5.49. The van der Waals surface area contributed by atoms with Gasteiger partial charge in [-0.3, -0.25) is 9.69 Å². The summed E-state index contributed by atoms with van der Waals surface area (Å²) in [6.07, 6.45) is 5.76. The number of hydrogen-bond donors (Lipinski definition) is 0. The topological polar surface area (TPSA) is 26.8 Å². The largest absolute Gasteiger partial charge is 0.343 e. The van der Waals surface area contributed by atoms with Crippen molar-refractivity contribution < 1.29 is 4.79 Å². The number of amides is 1. The highest BCUT2D eigenvalue weighted by molar-refractivity contribution is 5.75. The van der Waals surface area contributed by atoms with Crippen molar-refractivity contribution in [3.8, 4) is 0 Å². The third kappa shape index (κ3) is 5.24. The Labute approximate surface area is 136 Å². The summed E-state index contributed by atoms with van der Waals surface area (Å²) in [4.78, 5) is 19.0. The first-order valence-electron chi connectivity index (χ1n) is 9.34. The smallest absolute Gasteiger partial charge is 0.222 e. The Hall–Kier alpha value is -0.610. The molecule has 0 aliphatic carbocycles.